The Hall–Kier alpha value is -2.33. The fourth-order valence-corrected chi connectivity index (χ4v) is 3.84. The van der Waals surface area contributed by atoms with Crippen LogP contribution in [0.1, 0.15) is 45.0 Å². The number of hydrogen-bond donors (Lipinski definition) is 1. The van der Waals surface area contributed by atoms with E-state index in [-0.39, 0.29) is 36.9 Å². The number of ether oxygens (including phenoxy) is 2. The molecule has 6 nitrogen and oxygen atoms in total. The lowest BCUT2D eigenvalue weighted by molar-refractivity contribution is -0.153. The molecule has 13 heteroatoms. The monoisotopic (exact) mass is 500 g/mol. The summed E-state index contributed by atoms with van der Waals surface area (Å²) in [5.74, 6) is 0.173. The molecule has 1 aromatic rings. The van der Waals surface area contributed by atoms with Gasteiger partial charge in [-0.05, 0) is 43.8 Å². The molecule has 1 N–H and O–H groups in total. The first kappa shape index (κ1) is 30.7. The second-order valence-electron chi connectivity index (χ2n) is 6.66. The van der Waals surface area contributed by atoms with E-state index in [1.54, 1.807) is 6.92 Å². The molecule has 1 unspecified atom stereocenters. The fraction of sp³-hybridized carbons (Fsp3) is 0.550. The highest BCUT2D eigenvalue weighted by molar-refractivity contribution is 8.45. The highest BCUT2D eigenvalue weighted by Crippen LogP contribution is 3.02. The van der Waals surface area contributed by atoms with E-state index in [1.807, 2.05) is 33.7 Å². The summed E-state index contributed by atoms with van der Waals surface area (Å²) in [7, 11) is -8.79. The Bertz CT molecular complexity index is 855. The van der Waals surface area contributed by atoms with Gasteiger partial charge < -0.3 is 14.8 Å². The van der Waals surface area contributed by atoms with Gasteiger partial charge in [-0.1, -0.05) is 47.1 Å². The number of carbonyl (C=O) groups excluding carboxylic acids is 2. The zero-order valence-corrected chi connectivity index (χ0v) is 20.3. The second-order valence-corrected chi connectivity index (χ2v) is 9.06. The Morgan fingerprint density at radius 3 is 1.97 bits per heavy atom. The maximum absolute atomic E-state index is 12.8. The number of carbonyl (C=O) groups is 2. The predicted octanol–water partition coefficient (Wildman–Crippen LogP) is 6.01. The molecule has 1 saturated heterocycles. The maximum Gasteiger partial charge on any atom is 0.331 e. The summed E-state index contributed by atoms with van der Waals surface area (Å²) < 4.78 is 74.3. The Morgan fingerprint density at radius 2 is 1.61 bits per heavy atom. The van der Waals surface area contributed by atoms with Gasteiger partial charge >= 0.3 is 16.2 Å². The highest BCUT2D eigenvalue weighted by atomic mass is 32.5. The topological polar surface area (TPSA) is 88.4 Å². The van der Waals surface area contributed by atoms with Crippen molar-refractivity contribution in [3.63, 3.8) is 0 Å². The van der Waals surface area contributed by atoms with E-state index in [2.05, 4.69) is 10.1 Å². The molecule has 2 rings (SSSR count). The molecule has 0 aromatic heterocycles. The normalized spacial score (nSPS) is 17.1. The smallest absolute Gasteiger partial charge is 0.331 e. The highest BCUT2D eigenvalue weighted by Gasteiger charge is 2.65. The van der Waals surface area contributed by atoms with Gasteiger partial charge in [0, 0.05) is 18.1 Å². The molecule has 0 bridgehead atoms. The summed E-state index contributed by atoms with van der Waals surface area (Å²) in [5, 5.41) is 11.3. The molecule has 1 fully saturated rings. The van der Waals surface area contributed by atoms with Crippen molar-refractivity contribution in [2.24, 2.45) is 0 Å². The summed E-state index contributed by atoms with van der Waals surface area (Å²) in [4.78, 5) is 22.5. The third-order valence-corrected chi connectivity index (χ3v) is 5.76. The minimum absolute atomic E-state index is 0.108. The van der Waals surface area contributed by atoms with E-state index in [0.29, 0.717) is 12.1 Å². The standard InChI is InChI=1S/C16H18BF5N2O4S.2C2H6/c1-3-28-16(8-17(9-16)10-23)13(15(26)27-2)24-14(25)11-4-6-12(7-5-11)29(18,19,20,21)22;2*1-2/h4-7,13H,3,8-9H2,1-2H3,(H,24,25);2*1-2H3. The molecule has 1 atom stereocenters. The summed E-state index contributed by atoms with van der Waals surface area (Å²) in [6.07, 6.45) is 0.279. The number of amides is 1. The molecule has 0 radical (unpaired) electrons. The number of nitrogens with zero attached hydrogens (tertiary/aromatic N) is 1. The zero-order chi connectivity index (χ0) is 26.2. The molecule has 33 heavy (non-hydrogen) atoms. The van der Waals surface area contributed by atoms with Crippen LogP contribution in [0.2, 0.25) is 12.6 Å². The Kier molecular flexibility index (Phi) is 9.98. The van der Waals surface area contributed by atoms with Gasteiger partial charge in [-0.2, -0.15) is 0 Å². The molecule has 0 saturated carbocycles. The average molecular weight is 500 g/mol. The van der Waals surface area contributed by atoms with Crippen LogP contribution >= 0.6 is 10.2 Å². The van der Waals surface area contributed by atoms with Crippen LogP contribution in [-0.4, -0.2) is 43.9 Å². The summed E-state index contributed by atoms with van der Waals surface area (Å²) in [5.41, 5.74) is -1.57. The van der Waals surface area contributed by atoms with E-state index < -0.39 is 45.4 Å². The van der Waals surface area contributed by atoms with Crippen LogP contribution in [0.3, 0.4) is 0 Å². The molecule has 0 aliphatic carbocycles. The van der Waals surface area contributed by atoms with Crippen molar-refractivity contribution in [1.82, 2.24) is 5.32 Å². The fourth-order valence-electron chi connectivity index (χ4n) is 3.19. The van der Waals surface area contributed by atoms with Gasteiger partial charge in [0.1, 0.15) is 4.90 Å². The number of hydrogen-bond acceptors (Lipinski definition) is 5. The molecular weight excluding hydrogens is 470 g/mol. The number of esters is 1. The van der Waals surface area contributed by atoms with Crippen molar-refractivity contribution in [2.75, 3.05) is 13.7 Å². The lowest BCUT2D eigenvalue weighted by Crippen LogP contribution is -2.66. The van der Waals surface area contributed by atoms with Gasteiger partial charge in [-0.15, -0.1) is 0 Å². The van der Waals surface area contributed by atoms with E-state index in [1.165, 1.54) is 0 Å². The van der Waals surface area contributed by atoms with Gasteiger partial charge in [-0.25, -0.2) is 10.1 Å². The first-order chi connectivity index (χ1) is 15.2. The molecule has 1 aliphatic rings. The van der Waals surface area contributed by atoms with Crippen LogP contribution in [0.5, 0.6) is 0 Å². The number of nitrogens with one attached hydrogen (secondary N) is 1. The lowest BCUT2D eigenvalue weighted by Gasteiger charge is -2.47. The van der Waals surface area contributed by atoms with Crippen molar-refractivity contribution in [1.29, 1.82) is 5.26 Å². The van der Waals surface area contributed by atoms with E-state index in [0.717, 1.165) is 7.11 Å². The predicted molar refractivity (Wildman–Crippen MR) is 119 cm³/mol. The minimum atomic E-state index is -9.86. The Balaban J connectivity index is 0.00000242. The van der Waals surface area contributed by atoms with Gasteiger partial charge in [0.2, 0.25) is 0 Å². The largest absolute Gasteiger partial charge is 0.467 e. The van der Waals surface area contributed by atoms with Crippen LogP contribution < -0.4 is 5.32 Å². The van der Waals surface area contributed by atoms with Crippen molar-refractivity contribution >= 4 is 28.8 Å². The van der Waals surface area contributed by atoms with Gasteiger partial charge in [0.05, 0.1) is 12.7 Å². The van der Waals surface area contributed by atoms with Crippen molar-refractivity contribution in [3.8, 4) is 5.97 Å². The zero-order valence-electron chi connectivity index (χ0n) is 19.5. The first-order valence-corrected chi connectivity index (χ1v) is 12.4. The van der Waals surface area contributed by atoms with Crippen molar-refractivity contribution in [3.05, 3.63) is 29.8 Å². The average Bonchev–Trinajstić information content (AvgIpc) is 2.75. The quantitative estimate of drug-likeness (QED) is 0.281. The first-order valence-electron chi connectivity index (χ1n) is 10.4. The molecule has 1 heterocycles. The van der Waals surface area contributed by atoms with E-state index in [9.17, 15) is 29.0 Å². The van der Waals surface area contributed by atoms with Crippen LogP contribution in [0.4, 0.5) is 19.4 Å². The Labute approximate surface area is 191 Å². The summed E-state index contributed by atoms with van der Waals surface area (Å²) in [6.45, 7) is 9.42. The maximum atomic E-state index is 12.8. The minimum Gasteiger partial charge on any atom is -0.467 e. The van der Waals surface area contributed by atoms with Gasteiger partial charge in [0.25, 0.3) is 12.6 Å². The number of methoxy groups -OCH3 is 1. The molecule has 0 spiro atoms. The summed E-state index contributed by atoms with van der Waals surface area (Å²) >= 11 is 0. The lowest BCUT2D eigenvalue weighted by atomic mass is 9.30. The van der Waals surface area contributed by atoms with Gasteiger partial charge in [-0.3, -0.25) is 4.79 Å². The van der Waals surface area contributed by atoms with E-state index >= 15 is 0 Å². The number of benzene rings is 1. The van der Waals surface area contributed by atoms with Crippen LogP contribution in [0.25, 0.3) is 0 Å². The number of halogens is 5. The molecule has 1 aromatic carbocycles. The van der Waals surface area contributed by atoms with Crippen LogP contribution in [0.15, 0.2) is 29.2 Å². The third-order valence-electron chi connectivity index (χ3n) is 4.60. The summed E-state index contributed by atoms with van der Waals surface area (Å²) in [6, 6.07) is 0.0556. The molecule has 1 aliphatic heterocycles. The number of rotatable bonds is 7. The third kappa shape index (κ3) is 7.89. The second kappa shape index (κ2) is 10.7. The Morgan fingerprint density at radius 1 is 1.12 bits per heavy atom. The number of nitriles is 1. The molecule has 1 amide bonds. The molecular formula is C20H30BF5N2O4S. The molecule has 188 valence electrons. The van der Waals surface area contributed by atoms with Gasteiger partial charge in [0.15, 0.2) is 6.04 Å². The van der Waals surface area contributed by atoms with Crippen molar-refractivity contribution < 1.29 is 38.5 Å². The van der Waals surface area contributed by atoms with Crippen molar-refractivity contribution in [2.45, 2.75) is 63.8 Å². The van der Waals surface area contributed by atoms with E-state index in [4.69, 9.17) is 10.00 Å². The van der Waals surface area contributed by atoms with Crippen LogP contribution in [-0.2, 0) is 14.3 Å². The van der Waals surface area contributed by atoms with Crippen LogP contribution in [0, 0.1) is 11.2 Å². The SMILES string of the molecule is CC.CC.CCOC1(C(NC(=O)c2ccc(S(F)(F)(F)(F)F)cc2)C(=O)OC)CB(C#N)C1.